The molecule has 0 aliphatic rings. The van der Waals surface area contributed by atoms with Crippen molar-refractivity contribution < 1.29 is 0 Å². The van der Waals surface area contributed by atoms with Crippen LogP contribution >= 0.6 is 15.9 Å². The lowest BCUT2D eigenvalue weighted by molar-refractivity contribution is 1.24. The normalized spacial score (nSPS) is 12.6. The molecule has 0 atom stereocenters. The van der Waals surface area contributed by atoms with Crippen LogP contribution in [0.25, 0.3) is 27.5 Å². The fraction of sp³-hybridized carbons (Fsp3) is 0.0526. The molecule has 21 heavy (non-hydrogen) atoms. The Bertz CT molecular complexity index is 881. The number of fused-ring (bicyclic) bond motifs is 3. The first-order valence-corrected chi connectivity index (χ1v) is 7.70. The predicted octanol–water partition coefficient (Wildman–Crippen LogP) is 6.16. The van der Waals surface area contributed by atoms with Gasteiger partial charge in [-0.2, -0.15) is 0 Å². The third-order valence-electron chi connectivity index (χ3n) is 3.53. The highest BCUT2D eigenvalue weighted by Gasteiger charge is 2.13. The summed E-state index contributed by atoms with van der Waals surface area (Å²) in [6, 6.07) is 14.8. The van der Waals surface area contributed by atoms with Crippen LogP contribution in [0.15, 0.2) is 77.8 Å². The maximum Gasteiger partial charge on any atom is 0.0552 e. The van der Waals surface area contributed by atoms with Gasteiger partial charge < -0.3 is 4.57 Å². The van der Waals surface area contributed by atoms with Crippen molar-refractivity contribution in [3.8, 4) is 0 Å². The van der Waals surface area contributed by atoms with Gasteiger partial charge in [0.05, 0.1) is 11.0 Å². The Morgan fingerprint density at radius 1 is 1.10 bits per heavy atom. The molecule has 0 unspecified atom stereocenters. The summed E-state index contributed by atoms with van der Waals surface area (Å²) in [5, 5.41) is 2.49. The molecule has 0 radical (unpaired) electrons. The highest BCUT2D eigenvalue weighted by atomic mass is 79.9. The van der Waals surface area contributed by atoms with Crippen molar-refractivity contribution in [2.24, 2.45) is 0 Å². The molecule has 1 nitrogen and oxygen atoms in total. The van der Waals surface area contributed by atoms with E-state index in [9.17, 15) is 0 Å². The van der Waals surface area contributed by atoms with Crippen molar-refractivity contribution in [3.63, 3.8) is 0 Å². The number of hydrogen-bond donors (Lipinski definition) is 0. The number of hydrogen-bond acceptors (Lipinski definition) is 0. The summed E-state index contributed by atoms with van der Waals surface area (Å²) in [4.78, 5) is 0. The van der Waals surface area contributed by atoms with Crippen LogP contribution in [0.5, 0.6) is 0 Å². The van der Waals surface area contributed by atoms with Gasteiger partial charge in [0.15, 0.2) is 0 Å². The van der Waals surface area contributed by atoms with Crippen LogP contribution in [0.4, 0.5) is 0 Å². The smallest absolute Gasteiger partial charge is 0.0552 e. The average molecular weight is 338 g/mol. The van der Waals surface area contributed by atoms with E-state index in [1.807, 2.05) is 25.2 Å². The van der Waals surface area contributed by atoms with Crippen molar-refractivity contribution in [2.75, 3.05) is 0 Å². The molecule has 0 saturated carbocycles. The van der Waals surface area contributed by atoms with E-state index in [2.05, 4.69) is 75.6 Å². The first-order valence-electron chi connectivity index (χ1n) is 6.91. The van der Waals surface area contributed by atoms with Gasteiger partial charge in [0.1, 0.15) is 0 Å². The predicted molar refractivity (Wildman–Crippen MR) is 96.4 cm³/mol. The fourth-order valence-corrected chi connectivity index (χ4v) is 3.32. The van der Waals surface area contributed by atoms with Crippen LogP contribution in [-0.2, 0) is 0 Å². The molecular weight excluding hydrogens is 322 g/mol. The van der Waals surface area contributed by atoms with Gasteiger partial charge in [-0.05, 0) is 37.3 Å². The minimum Gasteiger partial charge on any atom is -0.309 e. The molecule has 0 aliphatic heterocycles. The minimum absolute atomic E-state index is 1.11. The van der Waals surface area contributed by atoms with E-state index in [1.165, 1.54) is 21.8 Å². The van der Waals surface area contributed by atoms with Gasteiger partial charge in [-0.15, -0.1) is 0 Å². The molecule has 0 saturated heterocycles. The molecule has 0 aliphatic carbocycles. The zero-order chi connectivity index (χ0) is 14.8. The van der Waals surface area contributed by atoms with E-state index in [-0.39, 0.29) is 0 Å². The van der Waals surface area contributed by atoms with Gasteiger partial charge in [0.2, 0.25) is 0 Å². The molecule has 3 rings (SSSR count). The summed E-state index contributed by atoms with van der Waals surface area (Å²) < 4.78 is 3.39. The second-order valence-electron chi connectivity index (χ2n) is 4.81. The highest BCUT2D eigenvalue weighted by molar-refractivity contribution is 9.10. The summed E-state index contributed by atoms with van der Waals surface area (Å²) in [5.74, 6) is 0. The molecule has 0 spiro atoms. The molecule has 2 heteroatoms. The third-order valence-corrected chi connectivity index (χ3v) is 4.19. The van der Waals surface area contributed by atoms with Gasteiger partial charge in [-0.25, -0.2) is 0 Å². The van der Waals surface area contributed by atoms with Gasteiger partial charge in [0.25, 0.3) is 0 Å². The number of halogens is 1. The summed E-state index contributed by atoms with van der Waals surface area (Å²) in [7, 11) is 0. The summed E-state index contributed by atoms with van der Waals surface area (Å²) >= 11 is 3.69. The molecule has 0 amide bonds. The number of rotatable bonds is 3. The van der Waals surface area contributed by atoms with Gasteiger partial charge in [-0.1, -0.05) is 58.9 Å². The lowest BCUT2D eigenvalue weighted by Crippen LogP contribution is -1.94. The van der Waals surface area contributed by atoms with E-state index >= 15 is 0 Å². The first-order chi connectivity index (χ1) is 10.3. The molecular formula is C19H16BrN. The van der Waals surface area contributed by atoms with Gasteiger partial charge in [-0.3, -0.25) is 0 Å². The Morgan fingerprint density at radius 3 is 2.62 bits per heavy atom. The summed E-state index contributed by atoms with van der Waals surface area (Å²) in [6.45, 7) is 5.87. The zero-order valence-corrected chi connectivity index (χ0v) is 13.5. The SMILES string of the molecule is C=C/C=C(\C=C/C)n1c2ccccc2c2c(Br)cccc21. The molecule has 0 fully saturated rings. The zero-order valence-electron chi connectivity index (χ0n) is 11.9. The molecule has 104 valence electrons. The van der Waals surface area contributed by atoms with E-state index in [0.29, 0.717) is 0 Å². The molecule has 2 aromatic carbocycles. The third kappa shape index (κ3) is 2.26. The Balaban J connectivity index is 2.53. The monoisotopic (exact) mass is 337 g/mol. The van der Waals surface area contributed by atoms with E-state index in [1.54, 1.807) is 0 Å². The van der Waals surface area contributed by atoms with Crippen LogP contribution in [0.3, 0.4) is 0 Å². The van der Waals surface area contributed by atoms with Crippen LogP contribution in [0.2, 0.25) is 0 Å². The largest absolute Gasteiger partial charge is 0.309 e. The molecule has 0 N–H and O–H groups in total. The quantitative estimate of drug-likeness (QED) is 0.504. The number of allylic oxidation sites excluding steroid dienone is 5. The maximum atomic E-state index is 3.84. The Morgan fingerprint density at radius 2 is 1.86 bits per heavy atom. The second kappa shape index (κ2) is 5.74. The number of aromatic nitrogens is 1. The maximum absolute atomic E-state index is 3.84. The van der Waals surface area contributed by atoms with Crippen LogP contribution in [0, 0.1) is 0 Å². The topological polar surface area (TPSA) is 4.93 Å². The molecule has 0 bridgehead atoms. The highest BCUT2D eigenvalue weighted by Crippen LogP contribution is 2.36. The van der Waals surface area contributed by atoms with Gasteiger partial charge >= 0.3 is 0 Å². The van der Waals surface area contributed by atoms with Crippen LogP contribution < -0.4 is 0 Å². The molecule has 3 aromatic rings. The summed E-state index contributed by atoms with van der Waals surface area (Å²) in [6.07, 6.45) is 8.02. The standard InChI is InChI=1S/C19H16BrN/c1-3-8-14(9-4-2)21-17-12-6-5-10-15(17)19-16(20)11-7-13-18(19)21/h3-13H,1H2,2H3/b9-4-,14-8+. The van der Waals surface area contributed by atoms with Crippen LogP contribution in [-0.4, -0.2) is 4.57 Å². The van der Waals surface area contributed by atoms with E-state index in [4.69, 9.17) is 0 Å². The van der Waals surface area contributed by atoms with Crippen molar-refractivity contribution in [1.82, 2.24) is 4.57 Å². The number of benzene rings is 2. The Labute approximate surface area is 133 Å². The number of para-hydroxylation sites is 1. The van der Waals surface area contributed by atoms with E-state index in [0.717, 1.165) is 10.2 Å². The first kappa shape index (κ1) is 13.9. The minimum atomic E-state index is 1.11. The van der Waals surface area contributed by atoms with E-state index < -0.39 is 0 Å². The summed E-state index contributed by atoms with van der Waals surface area (Å²) in [5.41, 5.74) is 3.50. The van der Waals surface area contributed by atoms with Crippen molar-refractivity contribution >= 4 is 43.4 Å². The molecule has 1 heterocycles. The number of nitrogens with zero attached hydrogens (tertiary/aromatic N) is 1. The van der Waals surface area contributed by atoms with Crippen molar-refractivity contribution in [2.45, 2.75) is 6.92 Å². The van der Waals surface area contributed by atoms with Gasteiger partial charge in [0, 0.05) is 20.9 Å². The van der Waals surface area contributed by atoms with Crippen molar-refractivity contribution in [3.05, 3.63) is 77.8 Å². The lowest BCUT2D eigenvalue weighted by atomic mass is 10.2. The van der Waals surface area contributed by atoms with Crippen molar-refractivity contribution in [1.29, 1.82) is 0 Å². The second-order valence-corrected chi connectivity index (χ2v) is 5.67. The van der Waals surface area contributed by atoms with Crippen LogP contribution in [0.1, 0.15) is 6.92 Å². The lowest BCUT2D eigenvalue weighted by Gasteiger charge is -2.08. The fourth-order valence-electron chi connectivity index (χ4n) is 2.75. The Hall–Kier alpha value is -2.06. The molecule has 1 aromatic heterocycles. The Kier molecular flexibility index (Phi) is 3.80. The average Bonchev–Trinajstić information content (AvgIpc) is 2.82.